The van der Waals surface area contributed by atoms with Gasteiger partial charge in [-0.1, -0.05) is 0 Å². The predicted molar refractivity (Wildman–Crippen MR) is 90.7 cm³/mol. The molecular formula is C15H31N2O6P. The van der Waals surface area contributed by atoms with Crippen LogP contribution in [0, 0.1) is 5.41 Å². The minimum Gasteiger partial charge on any atom is -0.464 e. The van der Waals surface area contributed by atoms with Gasteiger partial charge in [-0.05, 0) is 40.7 Å². The standard InChI is InChI=1S/C15H31N2O6P/c1-13(2)23-24(19,20)16-6-10-22-14(18)15(3,4)5-7-17-8-11-21-12-9-17/h13H,5-12H2,1-4H3,(H2,16,19,20). The Labute approximate surface area is 144 Å². The van der Waals surface area contributed by atoms with Crippen LogP contribution >= 0.6 is 7.75 Å². The number of nitrogens with zero attached hydrogens (tertiary/aromatic N) is 1. The fraction of sp³-hybridized carbons (Fsp3) is 0.933. The van der Waals surface area contributed by atoms with E-state index in [1.807, 2.05) is 13.8 Å². The van der Waals surface area contributed by atoms with E-state index in [1.165, 1.54) is 0 Å². The number of hydrogen-bond acceptors (Lipinski definition) is 6. The molecule has 0 aromatic heterocycles. The minimum absolute atomic E-state index is 0.0197. The molecule has 0 aromatic carbocycles. The van der Waals surface area contributed by atoms with E-state index >= 15 is 0 Å². The van der Waals surface area contributed by atoms with E-state index in [0.29, 0.717) is 6.42 Å². The van der Waals surface area contributed by atoms with Crippen molar-refractivity contribution in [3.8, 4) is 0 Å². The molecular weight excluding hydrogens is 335 g/mol. The Kier molecular flexibility index (Phi) is 8.84. The highest BCUT2D eigenvalue weighted by Gasteiger charge is 2.30. The maximum absolute atomic E-state index is 12.2. The molecule has 1 rings (SSSR count). The fourth-order valence-corrected chi connectivity index (χ4v) is 3.23. The summed E-state index contributed by atoms with van der Waals surface area (Å²) in [7, 11) is -3.84. The Morgan fingerprint density at radius 3 is 2.58 bits per heavy atom. The topological polar surface area (TPSA) is 97.3 Å². The van der Waals surface area contributed by atoms with Crippen molar-refractivity contribution in [3.63, 3.8) is 0 Å². The second-order valence-electron chi connectivity index (χ2n) is 6.81. The van der Waals surface area contributed by atoms with Crippen LogP contribution in [-0.2, 0) is 23.4 Å². The second-order valence-corrected chi connectivity index (χ2v) is 8.37. The van der Waals surface area contributed by atoms with E-state index in [-0.39, 0.29) is 25.2 Å². The van der Waals surface area contributed by atoms with Crippen molar-refractivity contribution >= 4 is 13.7 Å². The van der Waals surface area contributed by atoms with Crippen molar-refractivity contribution in [1.29, 1.82) is 0 Å². The number of ether oxygens (including phenoxy) is 2. The molecule has 1 fully saturated rings. The SMILES string of the molecule is CC(C)OP(=O)(O)NCCOC(=O)C(C)(C)CCN1CCOCC1. The summed E-state index contributed by atoms with van der Waals surface area (Å²) >= 11 is 0. The van der Waals surface area contributed by atoms with E-state index in [2.05, 4.69) is 9.99 Å². The van der Waals surface area contributed by atoms with Crippen molar-refractivity contribution in [2.45, 2.75) is 40.2 Å². The molecule has 1 aliphatic rings. The first-order valence-electron chi connectivity index (χ1n) is 8.36. The Balaban J connectivity index is 2.25. The zero-order chi connectivity index (χ0) is 18.2. The summed E-state index contributed by atoms with van der Waals surface area (Å²) in [4.78, 5) is 24.0. The number of hydrogen-bond donors (Lipinski definition) is 2. The van der Waals surface area contributed by atoms with Crippen molar-refractivity contribution < 1.29 is 28.3 Å². The molecule has 0 spiro atoms. The van der Waals surface area contributed by atoms with Crippen LogP contribution in [0.25, 0.3) is 0 Å². The normalized spacial score (nSPS) is 19.2. The summed E-state index contributed by atoms with van der Waals surface area (Å²) in [6, 6.07) is 0. The van der Waals surface area contributed by atoms with Crippen molar-refractivity contribution in [2.75, 3.05) is 46.0 Å². The zero-order valence-electron chi connectivity index (χ0n) is 15.1. The quantitative estimate of drug-likeness (QED) is 0.340. The van der Waals surface area contributed by atoms with Crippen LogP contribution in [-0.4, -0.2) is 67.9 Å². The lowest BCUT2D eigenvalue weighted by molar-refractivity contribution is -0.154. The van der Waals surface area contributed by atoms with Crippen LogP contribution in [0.4, 0.5) is 0 Å². The van der Waals surface area contributed by atoms with E-state index in [0.717, 1.165) is 32.8 Å². The molecule has 1 heterocycles. The Morgan fingerprint density at radius 1 is 1.38 bits per heavy atom. The van der Waals surface area contributed by atoms with Gasteiger partial charge < -0.3 is 14.4 Å². The van der Waals surface area contributed by atoms with Crippen LogP contribution in [0.15, 0.2) is 0 Å². The molecule has 0 saturated carbocycles. The molecule has 1 unspecified atom stereocenters. The van der Waals surface area contributed by atoms with Gasteiger partial charge in [0.15, 0.2) is 0 Å². The summed E-state index contributed by atoms with van der Waals surface area (Å²) < 4.78 is 27.0. The highest BCUT2D eigenvalue weighted by Crippen LogP contribution is 2.37. The van der Waals surface area contributed by atoms with E-state index < -0.39 is 13.2 Å². The smallest absolute Gasteiger partial charge is 0.403 e. The van der Waals surface area contributed by atoms with Crippen LogP contribution < -0.4 is 5.09 Å². The molecule has 142 valence electrons. The first kappa shape index (κ1) is 21.5. The number of rotatable bonds is 10. The zero-order valence-corrected chi connectivity index (χ0v) is 16.0. The van der Waals surface area contributed by atoms with E-state index in [9.17, 15) is 14.3 Å². The summed E-state index contributed by atoms with van der Waals surface area (Å²) in [5.41, 5.74) is -0.602. The predicted octanol–water partition coefficient (Wildman–Crippen LogP) is 1.39. The molecule has 0 aromatic rings. The average molecular weight is 366 g/mol. The van der Waals surface area contributed by atoms with Crippen LogP contribution in [0.5, 0.6) is 0 Å². The number of carbonyl (C=O) groups excluding carboxylic acids is 1. The third-order valence-electron chi connectivity index (χ3n) is 3.71. The van der Waals surface area contributed by atoms with Gasteiger partial charge >= 0.3 is 13.7 Å². The molecule has 0 bridgehead atoms. The van der Waals surface area contributed by atoms with Gasteiger partial charge in [-0.15, -0.1) is 0 Å². The Hall–Kier alpha value is -0.500. The number of esters is 1. The van der Waals surface area contributed by atoms with Gasteiger partial charge in [0.1, 0.15) is 6.61 Å². The molecule has 9 heteroatoms. The molecule has 24 heavy (non-hydrogen) atoms. The summed E-state index contributed by atoms with van der Waals surface area (Å²) in [5.74, 6) is -0.310. The monoisotopic (exact) mass is 366 g/mol. The lowest BCUT2D eigenvalue weighted by Crippen LogP contribution is -2.40. The largest absolute Gasteiger partial charge is 0.464 e. The van der Waals surface area contributed by atoms with E-state index in [4.69, 9.17) is 14.0 Å². The van der Waals surface area contributed by atoms with Crippen molar-refractivity contribution in [2.24, 2.45) is 5.41 Å². The minimum atomic E-state index is -3.84. The third kappa shape index (κ3) is 8.55. The maximum atomic E-state index is 12.2. The molecule has 0 amide bonds. The molecule has 2 N–H and O–H groups in total. The van der Waals surface area contributed by atoms with Crippen LogP contribution in [0.2, 0.25) is 0 Å². The summed E-state index contributed by atoms with van der Waals surface area (Å²) in [5, 5.41) is 2.37. The van der Waals surface area contributed by atoms with Gasteiger partial charge in [-0.3, -0.25) is 14.2 Å². The van der Waals surface area contributed by atoms with Gasteiger partial charge in [-0.2, -0.15) is 0 Å². The molecule has 1 atom stereocenters. The summed E-state index contributed by atoms with van der Waals surface area (Å²) in [6.07, 6.45) is 0.323. The Bertz CT molecular complexity index is 438. The van der Waals surface area contributed by atoms with Gasteiger partial charge in [0.2, 0.25) is 0 Å². The first-order chi connectivity index (χ1) is 11.1. The maximum Gasteiger partial charge on any atom is 0.403 e. The van der Waals surface area contributed by atoms with Gasteiger partial charge in [-0.25, -0.2) is 9.65 Å². The Morgan fingerprint density at radius 2 is 2.00 bits per heavy atom. The fourth-order valence-electron chi connectivity index (χ4n) is 2.21. The number of nitrogens with one attached hydrogen (secondary N) is 1. The molecule has 8 nitrogen and oxygen atoms in total. The molecule has 1 saturated heterocycles. The van der Waals surface area contributed by atoms with Crippen molar-refractivity contribution in [1.82, 2.24) is 9.99 Å². The third-order valence-corrected chi connectivity index (χ3v) is 5.04. The van der Waals surface area contributed by atoms with E-state index in [1.54, 1.807) is 13.8 Å². The lowest BCUT2D eigenvalue weighted by atomic mass is 9.89. The van der Waals surface area contributed by atoms with Gasteiger partial charge in [0.25, 0.3) is 0 Å². The van der Waals surface area contributed by atoms with Crippen LogP contribution in [0.3, 0.4) is 0 Å². The highest BCUT2D eigenvalue weighted by atomic mass is 31.2. The molecule has 0 radical (unpaired) electrons. The highest BCUT2D eigenvalue weighted by molar-refractivity contribution is 7.50. The van der Waals surface area contributed by atoms with Gasteiger partial charge in [0, 0.05) is 19.6 Å². The van der Waals surface area contributed by atoms with Crippen LogP contribution in [0.1, 0.15) is 34.1 Å². The van der Waals surface area contributed by atoms with Crippen molar-refractivity contribution in [3.05, 3.63) is 0 Å². The second kappa shape index (κ2) is 9.85. The summed E-state index contributed by atoms with van der Waals surface area (Å²) in [6.45, 7) is 11.2. The van der Waals surface area contributed by atoms with Gasteiger partial charge in [0.05, 0.1) is 24.7 Å². The average Bonchev–Trinajstić information content (AvgIpc) is 2.49. The molecule has 0 aliphatic carbocycles. The molecule has 1 aliphatic heterocycles. The lowest BCUT2D eigenvalue weighted by Gasteiger charge is -2.30. The number of carbonyl (C=O) groups is 1. The number of morpholine rings is 1. The first-order valence-corrected chi connectivity index (χ1v) is 9.94.